The molecule has 2 aromatic rings. The van der Waals surface area contributed by atoms with Gasteiger partial charge in [0.25, 0.3) is 15.7 Å². The zero-order valence-electron chi connectivity index (χ0n) is 13.3. The van der Waals surface area contributed by atoms with Gasteiger partial charge >= 0.3 is 0 Å². The van der Waals surface area contributed by atoms with E-state index in [4.69, 9.17) is 0 Å². The number of benzene rings is 2. The predicted octanol–water partition coefficient (Wildman–Crippen LogP) is 2.30. The molecule has 0 atom stereocenters. The molecule has 8 nitrogen and oxygen atoms in total. The number of nitrogens with zero attached hydrogens (tertiary/aromatic N) is 2. The number of hydrogen-bond donors (Lipinski definition) is 1. The minimum atomic E-state index is -3.89. The molecule has 1 aliphatic heterocycles. The van der Waals surface area contributed by atoms with E-state index >= 15 is 0 Å². The van der Waals surface area contributed by atoms with E-state index in [1.807, 2.05) is 0 Å². The number of nitro groups is 1. The zero-order valence-corrected chi connectivity index (χ0v) is 14.1. The van der Waals surface area contributed by atoms with E-state index in [0.717, 1.165) is 24.1 Å². The maximum absolute atomic E-state index is 12.4. The summed E-state index contributed by atoms with van der Waals surface area (Å²) in [5.74, 6) is -0.103. The quantitative estimate of drug-likeness (QED) is 0.664. The first-order valence-corrected chi connectivity index (χ1v) is 8.94. The molecule has 130 valence electrons. The summed E-state index contributed by atoms with van der Waals surface area (Å²) < 4.78 is 27.3. The largest absolute Gasteiger partial charge is 0.312 e. The zero-order chi connectivity index (χ0) is 18.2. The van der Waals surface area contributed by atoms with E-state index in [1.165, 1.54) is 19.1 Å². The lowest BCUT2D eigenvalue weighted by molar-refractivity contribution is -0.384. The summed E-state index contributed by atoms with van der Waals surface area (Å²) >= 11 is 0. The van der Waals surface area contributed by atoms with Gasteiger partial charge in [0.15, 0.2) is 0 Å². The Kier molecular flexibility index (Phi) is 4.17. The molecular formula is C16H15N3O5S. The number of carbonyl (C=O) groups is 1. The van der Waals surface area contributed by atoms with E-state index in [-0.39, 0.29) is 16.5 Å². The van der Waals surface area contributed by atoms with Gasteiger partial charge < -0.3 is 4.90 Å². The van der Waals surface area contributed by atoms with Crippen LogP contribution >= 0.6 is 0 Å². The van der Waals surface area contributed by atoms with Gasteiger partial charge in [-0.1, -0.05) is 6.07 Å². The van der Waals surface area contributed by atoms with Crippen LogP contribution in [0.1, 0.15) is 12.5 Å². The molecule has 0 aliphatic carbocycles. The minimum absolute atomic E-state index is 0.0815. The van der Waals surface area contributed by atoms with E-state index in [0.29, 0.717) is 17.9 Å². The van der Waals surface area contributed by atoms with Crippen molar-refractivity contribution < 1.29 is 18.1 Å². The predicted molar refractivity (Wildman–Crippen MR) is 92.1 cm³/mol. The fourth-order valence-electron chi connectivity index (χ4n) is 2.73. The molecule has 0 radical (unpaired) electrons. The van der Waals surface area contributed by atoms with Crippen LogP contribution in [-0.2, 0) is 21.2 Å². The molecular weight excluding hydrogens is 346 g/mol. The smallest absolute Gasteiger partial charge is 0.269 e. The van der Waals surface area contributed by atoms with Gasteiger partial charge in [0.2, 0.25) is 5.91 Å². The number of carbonyl (C=O) groups excluding carboxylic acids is 1. The van der Waals surface area contributed by atoms with Crippen molar-refractivity contribution >= 4 is 33.0 Å². The van der Waals surface area contributed by atoms with Crippen LogP contribution < -0.4 is 9.62 Å². The summed E-state index contributed by atoms with van der Waals surface area (Å²) in [6, 6.07) is 9.65. The average Bonchev–Trinajstić information content (AvgIpc) is 2.98. The standard InChI is InChI=1S/C16H15N3O5S/c1-11(20)18-9-8-12-2-3-13(10-16(12)18)17-25(23,24)15-6-4-14(5-7-15)19(21)22/h2-7,10,17H,8-9H2,1H3. The van der Waals surface area contributed by atoms with Gasteiger partial charge in [-0.15, -0.1) is 0 Å². The molecule has 1 amide bonds. The van der Waals surface area contributed by atoms with Gasteiger partial charge in [-0.3, -0.25) is 19.6 Å². The number of rotatable bonds is 4. The highest BCUT2D eigenvalue weighted by Gasteiger charge is 2.23. The van der Waals surface area contributed by atoms with Crippen LogP contribution in [0.4, 0.5) is 17.1 Å². The van der Waals surface area contributed by atoms with Crippen LogP contribution in [0.15, 0.2) is 47.4 Å². The number of amides is 1. The number of fused-ring (bicyclic) bond motifs is 1. The first-order chi connectivity index (χ1) is 11.8. The van der Waals surface area contributed by atoms with Crippen molar-refractivity contribution in [3.8, 4) is 0 Å². The van der Waals surface area contributed by atoms with Crippen molar-refractivity contribution in [2.45, 2.75) is 18.2 Å². The van der Waals surface area contributed by atoms with Gasteiger partial charge in [0.1, 0.15) is 0 Å². The number of non-ortho nitro benzene ring substituents is 1. The normalized spacial score (nSPS) is 13.4. The topological polar surface area (TPSA) is 110 Å². The Labute approximate surface area is 144 Å². The third-order valence-electron chi connectivity index (χ3n) is 3.97. The fourth-order valence-corrected chi connectivity index (χ4v) is 3.78. The molecule has 0 aromatic heterocycles. The lowest BCUT2D eigenvalue weighted by Crippen LogP contribution is -2.25. The molecule has 1 aliphatic rings. The number of nitrogens with one attached hydrogen (secondary N) is 1. The van der Waals surface area contributed by atoms with E-state index in [2.05, 4.69) is 4.72 Å². The van der Waals surface area contributed by atoms with Crippen LogP contribution in [0.3, 0.4) is 0 Å². The molecule has 0 saturated carbocycles. The average molecular weight is 361 g/mol. The number of sulfonamides is 1. The lowest BCUT2D eigenvalue weighted by Gasteiger charge is -2.16. The molecule has 0 bridgehead atoms. The molecule has 3 rings (SSSR count). The molecule has 1 N–H and O–H groups in total. The van der Waals surface area contributed by atoms with Crippen LogP contribution in [0.5, 0.6) is 0 Å². The van der Waals surface area contributed by atoms with Crippen LogP contribution in [-0.4, -0.2) is 25.8 Å². The van der Waals surface area contributed by atoms with E-state index < -0.39 is 14.9 Å². The molecule has 0 spiro atoms. The third kappa shape index (κ3) is 3.31. The van der Waals surface area contributed by atoms with E-state index in [1.54, 1.807) is 23.1 Å². The second-order valence-corrected chi connectivity index (χ2v) is 7.30. The molecule has 9 heteroatoms. The number of nitro benzene ring substituents is 1. The fraction of sp³-hybridized carbons (Fsp3) is 0.188. The highest BCUT2D eigenvalue weighted by Crippen LogP contribution is 2.31. The highest BCUT2D eigenvalue weighted by molar-refractivity contribution is 7.92. The monoisotopic (exact) mass is 361 g/mol. The summed E-state index contributed by atoms with van der Waals surface area (Å²) in [7, 11) is -3.89. The van der Waals surface area contributed by atoms with Crippen molar-refractivity contribution in [3.05, 3.63) is 58.1 Å². The SMILES string of the molecule is CC(=O)N1CCc2ccc(NS(=O)(=O)c3ccc([N+](=O)[O-])cc3)cc21. The van der Waals surface area contributed by atoms with Gasteiger partial charge in [0, 0.05) is 31.3 Å². The van der Waals surface area contributed by atoms with Gasteiger partial charge in [-0.2, -0.15) is 0 Å². The summed E-state index contributed by atoms with van der Waals surface area (Å²) in [4.78, 5) is 23.2. The molecule has 0 saturated heterocycles. The Balaban J connectivity index is 1.88. The van der Waals surface area contributed by atoms with Crippen LogP contribution in [0.2, 0.25) is 0 Å². The van der Waals surface area contributed by atoms with Crippen LogP contribution in [0, 0.1) is 10.1 Å². The van der Waals surface area contributed by atoms with Crippen molar-refractivity contribution in [3.63, 3.8) is 0 Å². The summed E-state index contributed by atoms with van der Waals surface area (Å²) in [6.45, 7) is 2.03. The number of hydrogen-bond acceptors (Lipinski definition) is 5. The molecule has 0 unspecified atom stereocenters. The first kappa shape index (κ1) is 16.9. The van der Waals surface area contributed by atoms with Crippen molar-refractivity contribution in [2.75, 3.05) is 16.2 Å². The molecule has 0 fully saturated rings. The van der Waals surface area contributed by atoms with Gasteiger partial charge in [-0.05, 0) is 36.2 Å². The van der Waals surface area contributed by atoms with Gasteiger partial charge in [0.05, 0.1) is 15.5 Å². The van der Waals surface area contributed by atoms with Crippen molar-refractivity contribution in [2.24, 2.45) is 0 Å². The highest BCUT2D eigenvalue weighted by atomic mass is 32.2. The summed E-state index contributed by atoms with van der Waals surface area (Å²) in [6.07, 6.45) is 0.726. The maximum atomic E-state index is 12.4. The summed E-state index contributed by atoms with van der Waals surface area (Å²) in [5, 5.41) is 10.7. The Morgan fingerprint density at radius 2 is 1.88 bits per heavy atom. The molecule has 1 heterocycles. The Bertz CT molecular complexity index is 954. The minimum Gasteiger partial charge on any atom is -0.312 e. The first-order valence-electron chi connectivity index (χ1n) is 7.46. The van der Waals surface area contributed by atoms with Gasteiger partial charge in [-0.25, -0.2) is 8.42 Å². The summed E-state index contributed by atoms with van der Waals surface area (Å²) in [5.41, 5.74) is 1.81. The van der Waals surface area contributed by atoms with Crippen molar-refractivity contribution in [1.29, 1.82) is 0 Å². The van der Waals surface area contributed by atoms with E-state index in [9.17, 15) is 23.3 Å². The molecule has 2 aromatic carbocycles. The maximum Gasteiger partial charge on any atom is 0.269 e. The second-order valence-electron chi connectivity index (χ2n) is 5.62. The number of anilines is 2. The molecule has 25 heavy (non-hydrogen) atoms. The lowest BCUT2D eigenvalue weighted by atomic mass is 10.1. The second kappa shape index (κ2) is 6.17. The van der Waals surface area contributed by atoms with Crippen molar-refractivity contribution in [1.82, 2.24) is 0 Å². The Morgan fingerprint density at radius 1 is 1.20 bits per heavy atom. The Morgan fingerprint density at radius 3 is 2.48 bits per heavy atom. The third-order valence-corrected chi connectivity index (χ3v) is 5.37. The Hall–Kier alpha value is -2.94. The van der Waals surface area contributed by atoms with Crippen LogP contribution in [0.25, 0.3) is 0 Å².